The molecule has 6 nitrogen and oxygen atoms in total. The Labute approximate surface area is 129 Å². The lowest BCUT2D eigenvalue weighted by molar-refractivity contribution is 0.0712. The molecular weight excluding hydrogens is 311 g/mol. The number of sulfonamides is 1. The summed E-state index contributed by atoms with van der Waals surface area (Å²) in [5.74, 6) is -1.16. The highest BCUT2D eigenvalue weighted by Gasteiger charge is 2.25. The molecule has 0 aliphatic carbocycles. The molecule has 1 aromatic carbocycles. The number of nitrogens with one attached hydrogen (secondary N) is 2. The van der Waals surface area contributed by atoms with Crippen molar-refractivity contribution in [2.75, 3.05) is 17.6 Å². The summed E-state index contributed by atoms with van der Waals surface area (Å²) in [5.41, 5.74) is -0.0174. The van der Waals surface area contributed by atoms with Gasteiger partial charge in [0, 0.05) is 6.61 Å². The number of ether oxygens (including phenoxy) is 1. The molecule has 1 amide bonds. The van der Waals surface area contributed by atoms with Crippen LogP contribution in [0.1, 0.15) is 30.1 Å². The molecule has 1 aliphatic heterocycles. The largest absolute Gasteiger partial charge is 0.376 e. The summed E-state index contributed by atoms with van der Waals surface area (Å²) in [6.45, 7) is 2.46. The zero-order chi connectivity index (χ0) is 16.3. The van der Waals surface area contributed by atoms with Gasteiger partial charge in [-0.05, 0) is 38.0 Å². The maximum Gasteiger partial charge on any atom is 0.253 e. The summed E-state index contributed by atoms with van der Waals surface area (Å²) < 4.78 is 43.8. The Bertz CT molecular complexity index is 657. The lowest BCUT2D eigenvalue weighted by Gasteiger charge is -2.21. The van der Waals surface area contributed by atoms with E-state index in [0.29, 0.717) is 6.61 Å². The van der Waals surface area contributed by atoms with Crippen LogP contribution in [0.4, 0.5) is 10.1 Å². The molecule has 8 heteroatoms. The van der Waals surface area contributed by atoms with Gasteiger partial charge in [0.15, 0.2) is 0 Å². The second kappa shape index (κ2) is 6.62. The molecule has 0 radical (unpaired) electrons. The Hall–Kier alpha value is -1.67. The van der Waals surface area contributed by atoms with Crippen LogP contribution in [-0.4, -0.2) is 39.3 Å². The van der Waals surface area contributed by atoms with Gasteiger partial charge in [0.25, 0.3) is 5.91 Å². The van der Waals surface area contributed by atoms with Crippen LogP contribution in [-0.2, 0) is 14.8 Å². The molecule has 1 heterocycles. The van der Waals surface area contributed by atoms with Crippen molar-refractivity contribution in [3.63, 3.8) is 0 Å². The normalized spacial score (nSPS) is 19.7. The number of benzene rings is 1. The van der Waals surface area contributed by atoms with Gasteiger partial charge in [0.05, 0.1) is 29.7 Å². The molecule has 0 saturated carbocycles. The molecule has 0 unspecified atom stereocenters. The molecule has 2 atom stereocenters. The Morgan fingerprint density at radius 3 is 2.77 bits per heavy atom. The standard InChI is InChI=1S/C14H19FN2O4S/c1-9(13-4-3-7-21-13)16-14(18)11-8-10(15)5-6-12(11)17-22(2,19)20/h5-6,8-9,13,17H,3-4,7H2,1-2H3,(H,16,18)/t9-,13-/m1/s1. The zero-order valence-electron chi connectivity index (χ0n) is 12.4. The Morgan fingerprint density at radius 1 is 1.45 bits per heavy atom. The van der Waals surface area contributed by atoms with E-state index in [1.54, 1.807) is 6.92 Å². The van der Waals surface area contributed by atoms with E-state index in [1.165, 1.54) is 6.07 Å². The zero-order valence-corrected chi connectivity index (χ0v) is 13.2. The number of halogens is 1. The van der Waals surface area contributed by atoms with Gasteiger partial charge in [-0.25, -0.2) is 12.8 Å². The Balaban J connectivity index is 2.18. The van der Waals surface area contributed by atoms with E-state index in [4.69, 9.17) is 4.74 Å². The van der Waals surface area contributed by atoms with Gasteiger partial charge in [0.2, 0.25) is 10.0 Å². The summed E-state index contributed by atoms with van der Waals surface area (Å²) in [6.07, 6.45) is 2.67. The summed E-state index contributed by atoms with van der Waals surface area (Å²) in [5, 5.41) is 2.73. The van der Waals surface area contributed by atoms with Crippen molar-refractivity contribution in [2.45, 2.75) is 31.9 Å². The molecular formula is C14H19FN2O4S. The lowest BCUT2D eigenvalue weighted by atomic mass is 10.1. The third kappa shape index (κ3) is 4.41. The first-order chi connectivity index (χ1) is 10.3. The molecule has 2 N–H and O–H groups in total. The van der Waals surface area contributed by atoms with Gasteiger partial charge >= 0.3 is 0 Å². The first kappa shape index (κ1) is 16.7. The maximum atomic E-state index is 13.4. The van der Waals surface area contributed by atoms with E-state index < -0.39 is 21.7 Å². The van der Waals surface area contributed by atoms with Crippen molar-refractivity contribution in [2.24, 2.45) is 0 Å². The summed E-state index contributed by atoms with van der Waals surface area (Å²) in [6, 6.07) is 3.07. The highest BCUT2D eigenvalue weighted by Crippen LogP contribution is 2.20. The number of anilines is 1. The molecule has 1 aromatic rings. The first-order valence-electron chi connectivity index (χ1n) is 6.96. The van der Waals surface area contributed by atoms with Gasteiger partial charge < -0.3 is 10.1 Å². The molecule has 1 fully saturated rings. The van der Waals surface area contributed by atoms with Crippen molar-refractivity contribution in [3.8, 4) is 0 Å². The van der Waals surface area contributed by atoms with Gasteiger partial charge in [-0.2, -0.15) is 0 Å². The minimum atomic E-state index is -3.57. The van der Waals surface area contributed by atoms with Crippen LogP contribution in [0.25, 0.3) is 0 Å². The van der Waals surface area contributed by atoms with Crippen LogP contribution in [0.15, 0.2) is 18.2 Å². The molecule has 122 valence electrons. The highest BCUT2D eigenvalue weighted by molar-refractivity contribution is 7.92. The number of hydrogen-bond donors (Lipinski definition) is 2. The molecule has 0 aromatic heterocycles. The maximum absolute atomic E-state index is 13.4. The van der Waals surface area contributed by atoms with E-state index in [9.17, 15) is 17.6 Å². The van der Waals surface area contributed by atoms with E-state index >= 15 is 0 Å². The second-order valence-electron chi connectivity index (χ2n) is 5.38. The number of hydrogen-bond acceptors (Lipinski definition) is 4. The molecule has 1 saturated heterocycles. The van der Waals surface area contributed by atoms with Crippen LogP contribution >= 0.6 is 0 Å². The van der Waals surface area contributed by atoms with Gasteiger partial charge in [-0.1, -0.05) is 0 Å². The number of rotatable bonds is 5. The summed E-state index contributed by atoms with van der Waals surface area (Å²) in [7, 11) is -3.57. The van der Waals surface area contributed by atoms with E-state index in [2.05, 4.69) is 10.0 Å². The van der Waals surface area contributed by atoms with Crippen molar-refractivity contribution < 1.29 is 22.3 Å². The number of amides is 1. The van der Waals surface area contributed by atoms with Crippen LogP contribution < -0.4 is 10.0 Å². The topological polar surface area (TPSA) is 84.5 Å². The van der Waals surface area contributed by atoms with Gasteiger partial charge in [-0.15, -0.1) is 0 Å². The van der Waals surface area contributed by atoms with Crippen LogP contribution in [0.5, 0.6) is 0 Å². The SMILES string of the molecule is C[C@@H](NC(=O)c1cc(F)ccc1NS(C)(=O)=O)[C@H]1CCCO1. The molecule has 1 aliphatic rings. The van der Waals surface area contributed by atoms with Crippen molar-refractivity contribution in [1.82, 2.24) is 5.32 Å². The average Bonchev–Trinajstić information content (AvgIpc) is 2.93. The van der Waals surface area contributed by atoms with Crippen LogP contribution in [0.2, 0.25) is 0 Å². The smallest absolute Gasteiger partial charge is 0.253 e. The number of carbonyl (C=O) groups excluding carboxylic acids is 1. The summed E-state index contributed by atoms with van der Waals surface area (Å²) >= 11 is 0. The van der Waals surface area contributed by atoms with Crippen molar-refractivity contribution in [1.29, 1.82) is 0 Å². The van der Waals surface area contributed by atoms with E-state index in [-0.39, 0.29) is 23.4 Å². The van der Waals surface area contributed by atoms with Crippen molar-refractivity contribution >= 4 is 21.6 Å². The summed E-state index contributed by atoms with van der Waals surface area (Å²) in [4.78, 5) is 12.3. The third-order valence-electron chi connectivity index (χ3n) is 3.40. The Kier molecular flexibility index (Phi) is 5.02. The fraction of sp³-hybridized carbons (Fsp3) is 0.500. The predicted octanol–water partition coefficient (Wildman–Crippen LogP) is 1.49. The minimum absolute atomic E-state index is 0.0425. The second-order valence-corrected chi connectivity index (χ2v) is 7.13. The molecule has 0 spiro atoms. The number of carbonyl (C=O) groups is 1. The predicted molar refractivity (Wildman–Crippen MR) is 80.8 cm³/mol. The molecule has 2 rings (SSSR count). The quantitative estimate of drug-likeness (QED) is 0.857. The lowest BCUT2D eigenvalue weighted by Crippen LogP contribution is -2.41. The average molecular weight is 330 g/mol. The van der Waals surface area contributed by atoms with E-state index in [0.717, 1.165) is 31.2 Å². The van der Waals surface area contributed by atoms with Crippen LogP contribution in [0, 0.1) is 5.82 Å². The first-order valence-corrected chi connectivity index (χ1v) is 8.85. The van der Waals surface area contributed by atoms with E-state index in [1.807, 2.05) is 0 Å². The fourth-order valence-electron chi connectivity index (χ4n) is 2.37. The highest BCUT2D eigenvalue weighted by atomic mass is 32.2. The third-order valence-corrected chi connectivity index (χ3v) is 3.99. The fourth-order valence-corrected chi connectivity index (χ4v) is 2.94. The van der Waals surface area contributed by atoms with Crippen LogP contribution in [0.3, 0.4) is 0 Å². The minimum Gasteiger partial charge on any atom is -0.376 e. The molecule has 22 heavy (non-hydrogen) atoms. The van der Waals surface area contributed by atoms with Gasteiger partial charge in [-0.3, -0.25) is 9.52 Å². The Morgan fingerprint density at radius 2 is 2.18 bits per heavy atom. The van der Waals surface area contributed by atoms with Crippen molar-refractivity contribution in [3.05, 3.63) is 29.6 Å². The molecule has 0 bridgehead atoms. The monoisotopic (exact) mass is 330 g/mol. The van der Waals surface area contributed by atoms with Gasteiger partial charge in [0.1, 0.15) is 5.82 Å².